The predicted molar refractivity (Wildman–Crippen MR) is 182 cm³/mol. The first-order valence-corrected chi connectivity index (χ1v) is 17.0. The summed E-state index contributed by atoms with van der Waals surface area (Å²) in [4.78, 5) is 14.3. The highest BCUT2D eigenvalue weighted by molar-refractivity contribution is 6.07. The Morgan fingerprint density at radius 3 is 2.65 bits per heavy atom. The Hall–Kier alpha value is -4.09. The average Bonchev–Trinajstić information content (AvgIpc) is 3.70. The number of halogens is 2. The molecule has 252 valence electrons. The third kappa shape index (κ3) is 5.41. The molecule has 1 saturated carbocycles. The summed E-state index contributed by atoms with van der Waals surface area (Å²) < 4.78 is 46.4. The van der Waals surface area contributed by atoms with Crippen molar-refractivity contribution in [3.63, 3.8) is 0 Å². The van der Waals surface area contributed by atoms with Crippen LogP contribution in [0.5, 0.6) is 11.8 Å². The molecule has 0 spiro atoms. The number of likely N-dealkylation sites (tertiary alicyclic amines) is 1. The van der Waals surface area contributed by atoms with Gasteiger partial charge in [-0.1, -0.05) is 33.8 Å². The third-order valence-electron chi connectivity index (χ3n) is 10.2. The molecular formula is C37H42F2N6O3. The molecule has 8 rings (SSSR count). The predicted octanol–water partition coefficient (Wildman–Crippen LogP) is 6.62. The Morgan fingerprint density at radius 2 is 1.90 bits per heavy atom. The van der Waals surface area contributed by atoms with Gasteiger partial charge in [0, 0.05) is 43.7 Å². The van der Waals surface area contributed by atoms with E-state index in [9.17, 15) is 5.11 Å². The van der Waals surface area contributed by atoms with E-state index < -0.39 is 5.82 Å². The number of rotatable bonds is 8. The van der Waals surface area contributed by atoms with Crippen LogP contribution >= 0.6 is 0 Å². The van der Waals surface area contributed by atoms with Gasteiger partial charge in [-0.25, -0.2) is 13.3 Å². The Balaban J connectivity index is 1.31. The van der Waals surface area contributed by atoms with Gasteiger partial charge in [-0.15, -0.1) is 0 Å². The van der Waals surface area contributed by atoms with Gasteiger partial charge in [-0.3, -0.25) is 0 Å². The summed E-state index contributed by atoms with van der Waals surface area (Å²) in [6.07, 6.45) is 4.14. The van der Waals surface area contributed by atoms with Crippen LogP contribution in [0.15, 0.2) is 36.5 Å². The maximum Gasteiger partial charge on any atom is 0.319 e. The fourth-order valence-corrected chi connectivity index (χ4v) is 7.92. The van der Waals surface area contributed by atoms with Gasteiger partial charge in [0.15, 0.2) is 5.82 Å². The molecule has 5 aromatic rings. The molecule has 1 unspecified atom stereocenters. The Kier molecular flexibility index (Phi) is 7.48. The first kappa shape index (κ1) is 31.2. The van der Waals surface area contributed by atoms with Gasteiger partial charge in [0.05, 0.1) is 36.9 Å². The zero-order valence-electron chi connectivity index (χ0n) is 28.0. The number of hydrogen-bond donors (Lipinski definition) is 1. The number of pyridine rings is 1. The lowest BCUT2D eigenvalue weighted by molar-refractivity contribution is 0.00641. The maximum absolute atomic E-state index is 17.4. The number of nitrogens with zero attached hydrogens (tertiary/aromatic N) is 6. The number of benzene rings is 2. The van der Waals surface area contributed by atoms with Gasteiger partial charge in [-0.05, 0) is 71.2 Å². The second-order valence-corrected chi connectivity index (χ2v) is 15.0. The molecule has 9 nitrogen and oxygen atoms in total. The minimum absolute atomic E-state index is 0.0418. The van der Waals surface area contributed by atoms with E-state index in [4.69, 9.17) is 19.4 Å². The van der Waals surface area contributed by atoms with Crippen LogP contribution < -0.4 is 9.64 Å². The molecule has 2 aliphatic heterocycles. The zero-order chi connectivity index (χ0) is 33.4. The van der Waals surface area contributed by atoms with Crippen LogP contribution in [0, 0.1) is 28.4 Å². The Morgan fingerprint density at radius 1 is 1.08 bits per heavy atom. The van der Waals surface area contributed by atoms with Gasteiger partial charge in [0.2, 0.25) is 0 Å². The first-order valence-electron chi connectivity index (χ1n) is 17.0. The van der Waals surface area contributed by atoms with E-state index >= 15 is 8.78 Å². The van der Waals surface area contributed by atoms with Crippen LogP contribution in [0.4, 0.5) is 14.6 Å². The number of aromatic hydroxyl groups is 1. The summed E-state index contributed by atoms with van der Waals surface area (Å²) in [6.45, 7) is 14.5. The van der Waals surface area contributed by atoms with E-state index in [-0.39, 0.29) is 40.1 Å². The standard InChI is InChI=1S/C37H42F2N6O3/c1-5-25-27(38)7-6-23-14-24(46)15-26(29(23)25)33-31(39)32-30(28-8-11-40-45(28)33)34(44-12-13-47-17-22(2)16-44)42-35(41-32)48-21-37(9-10-37)20-43-18-36(3,4)19-43/h6-8,11,14-15,22,46H,5,9-10,12-13,16-21H2,1-4H3. The second-order valence-electron chi connectivity index (χ2n) is 15.0. The highest BCUT2D eigenvalue weighted by atomic mass is 19.1. The molecule has 1 N–H and O–H groups in total. The Labute approximate surface area is 278 Å². The molecular weight excluding hydrogens is 614 g/mol. The summed E-state index contributed by atoms with van der Waals surface area (Å²) in [5, 5.41) is 17.0. The lowest BCUT2D eigenvalue weighted by Crippen LogP contribution is -2.55. The molecule has 0 radical (unpaired) electrons. The number of hydrogen-bond acceptors (Lipinski definition) is 8. The lowest BCUT2D eigenvalue weighted by Gasteiger charge is -2.47. The van der Waals surface area contributed by atoms with Crippen LogP contribution in [0.3, 0.4) is 0 Å². The number of aromatic nitrogens is 4. The van der Waals surface area contributed by atoms with E-state index in [0.29, 0.717) is 83.4 Å². The second kappa shape index (κ2) is 11.5. The fourth-order valence-electron chi connectivity index (χ4n) is 7.92. The lowest BCUT2D eigenvalue weighted by atomic mass is 9.83. The largest absolute Gasteiger partial charge is 0.508 e. The monoisotopic (exact) mass is 656 g/mol. The van der Waals surface area contributed by atoms with E-state index in [2.05, 4.69) is 35.7 Å². The van der Waals surface area contributed by atoms with Crippen LogP contribution in [0.2, 0.25) is 0 Å². The van der Waals surface area contributed by atoms with Gasteiger partial charge in [0.25, 0.3) is 0 Å². The van der Waals surface area contributed by atoms with Crippen LogP contribution in [-0.2, 0) is 11.2 Å². The van der Waals surface area contributed by atoms with Gasteiger partial charge in [0.1, 0.15) is 28.6 Å². The van der Waals surface area contributed by atoms with Crippen molar-refractivity contribution in [1.29, 1.82) is 0 Å². The Bertz CT molecular complexity index is 2050. The van der Waals surface area contributed by atoms with Gasteiger partial charge in [-0.2, -0.15) is 15.1 Å². The molecule has 2 saturated heterocycles. The van der Waals surface area contributed by atoms with Crippen molar-refractivity contribution < 1.29 is 23.4 Å². The number of ether oxygens (including phenoxy) is 2. The number of fused-ring (bicyclic) bond motifs is 4. The van der Waals surface area contributed by atoms with Crippen molar-refractivity contribution >= 4 is 33.0 Å². The number of anilines is 1. The highest BCUT2D eigenvalue weighted by Crippen LogP contribution is 2.49. The highest BCUT2D eigenvalue weighted by Gasteiger charge is 2.48. The minimum atomic E-state index is -0.643. The van der Waals surface area contributed by atoms with Gasteiger partial charge >= 0.3 is 6.01 Å². The molecule has 5 heterocycles. The summed E-state index contributed by atoms with van der Waals surface area (Å²) in [7, 11) is 0. The van der Waals surface area contributed by atoms with Gasteiger partial charge < -0.3 is 24.4 Å². The molecule has 11 heteroatoms. The molecule has 2 aromatic carbocycles. The molecule has 3 aromatic heterocycles. The average molecular weight is 657 g/mol. The van der Waals surface area contributed by atoms with Crippen LogP contribution in [0.25, 0.3) is 38.4 Å². The van der Waals surface area contributed by atoms with Crippen molar-refractivity contribution in [2.24, 2.45) is 16.7 Å². The topological polar surface area (TPSA) is 88.3 Å². The quantitative estimate of drug-likeness (QED) is 0.200. The van der Waals surface area contributed by atoms with E-state index in [0.717, 1.165) is 32.5 Å². The number of aryl methyl sites for hydroxylation is 1. The molecule has 1 aliphatic carbocycles. The molecule has 48 heavy (non-hydrogen) atoms. The summed E-state index contributed by atoms with van der Waals surface area (Å²) in [6, 6.07) is 7.98. The number of phenols is 1. The molecule has 3 fully saturated rings. The SMILES string of the molecule is CCc1c(F)ccc2cc(O)cc(-c3c(F)c4nc(OCC5(CN6CC(C)(C)C6)CC5)nc(N5CCOCC(C)C5)c4c4ccnn34)c12. The van der Waals surface area contributed by atoms with E-state index in [1.807, 2.05) is 13.0 Å². The zero-order valence-corrected chi connectivity index (χ0v) is 28.0. The van der Waals surface area contributed by atoms with Crippen molar-refractivity contribution in [2.75, 3.05) is 57.4 Å². The molecule has 0 amide bonds. The van der Waals surface area contributed by atoms with Crippen molar-refractivity contribution in [2.45, 2.75) is 47.0 Å². The van der Waals surface area contributed by atoms with Crippen molar-refractivity contribution in [1.82, 2.24) is 24.5 Å². The number of phenolic OH excluding ortho intramolecular Hbond substituents is 1. The third-order valence-corrected chi connectivity index (χ3v) is 10.2. The minimum Gasteiger partial charge on any atom is -0.508 e. The fraction of sp³-hybridized carbons (Fsp3) is 0.486. The maximum atomic E-state index is 17.4. The van der Waals surface area contributed by atoms with E-state index in [1.165, 1.54) is 16.6 Å². The summed E-state index contributed by atoms with van der Waals surface area (Å²) >= 11 is 0. The first-order chi connectivity index (χ1) is 23.0. The van der Waals surface area contributed by atoms with Crippen molar-refractivity contribution in [3.8, 4) is 23.0 Å². The van der Waals surface area contributed by atoms with Crippen LogP contribution in [-0.4, -0.2) is 82.1 Å². The van der Waals surface area contributed by atoms with E-state index in [1.54, 1.807) is 18.3 Å². The van der Waals surface area contributed by atoms with Crippen LogP contribution in [0.1, 0.15) is 46.1 Å². The smallest absolute Gasteiger partial charge is 0.319 e. The summed E-state index contributed by atoms with van der Waals surface area (Å²) in [5.74, 6) is -0.293. The molecule has 0 bridgehead atoms. The molecule has 3 aliphatic rings. The normalized spacial score (nSPS) is 20.7. The summed E-state index contributed by atoms with van der Waals surface area (Å²) in [5.41, 5.74) is 1.95. The molecule has 1 atom stereocenters. The van der Waals surface area contributed by atoms with Crippen molar-refractivity contribution in [3.05, 3.63) is 53.7 Å².